The van der Waals surface area contributed by atoms with E-state index in [0.717, 1.165) is 85.3 Å². The molecule has 0 radical (unpaired) electrons. The first-order valence-corrected chi connectivity index (χ1v) is 12.7. The summed E-state index contributed by atoms with van der Waals surface area (Å²) >= 11 is 0. The Morgan fingerprint density at radius 2 is 1.68 bits per heavy atom. The highest BCUT2D eigenvalue weighted by molar-refractivity contribution is 5.98. The first kappa shape index (κ1) is 24.8. The molecule has 0 unspecified atom stereocenters. The Morgan fingerprint density at radius 3 is 2.46 bits per heavy atom. The monoisotopic (exact) mass is 499 g/mol. The Balaban J connectivity index is 1.38. The maximum atomic E-state index is 5.60. The molecule has 192 valence electrons. The lowest BCUT2D eigenvalue weighted by Gasteiger charge is -2.30. The van der Waals surface area contributed by atoms with Gasteiger partial charge in [-0.05, 0) is 66.3 Å². The molecule has 1 aliphatic rings. The van der Waals surface area contributed by atoms with Gasteiger partial charge in [0.25, 0.3) is 0 Å². The second-order valence-corrected chi connectivity index (χ2v) is 9.08. The van der Waals surface area contributed by atoms with Gasteiger partial charge in [0.2, 0.25) is 0 Å². The summed E-state index contributed by atoms with van der Waals surface area (Å²) in [5.41, 5.74) is 4.41. The van der Waals surface area contributed by atoms with Gasteiger partial charge in [-0.25, -0.2) is 9.97 Å². The van der Waals surface area contributed by atoms with Gasteiger partial charge in [-0.3, -0.25) is 0 Å². The van der Waals surface area contributed by atoms with Crippen molar-refractivity contribution in [2.24, 2.45) is 0 Å². The van der Waals surface area contributed by atoms with E-state index >= 15 is 0 Å². The first-order chi connectivity index (χ1) is 18.2. The molecule has 1 saturated heterocycles. The zero-order chi connectivity index (χ0) is 25.6. The van der Waals surface area contributed by atoms with Crippen LogP contribution in [0.15, 0.2) is 60.8 Å². The molecule has 7 nitrogen and oxygen atoms in total. The Kier molecular flexibility index (Phi) is 7.70. The normalized spacial score (nSPS) is 13.5. The minimum Gasteiger partial charge on any atom is -0.497 e. The standard InChI is InChI=1S/C30H33N3O4/c1-34-24-9-8-22-18-23(19-27(25(22)20-24)33-13-15-37-16-14-33)26-11-12-31-30(32-26)6-4-5-21-7-10-28(35-2)29(17-21)36-3/h7-12,17-20H,4-6,13-16H2,1-3H3. The van der Waals surface area contributed by atoms with Crippen LogP contribution in [0.4, 0.5) is 5.69 Å². The van der Waals surface area contributed by atoms with E-state index in [2.05, 4.69) is 40.2 Å². The smallest absolute Gasteiger partial charge is 0.160 e. The molecular formula is C30H33N3O4. The van der Waals surface area contributed by atoms with E-state index < -0.39 is 0 Å². The lowest BCUT2D eigenvalue weighted by atomic mass is 10.0. The van der Waals surface area contributed by atoms with Crippen LogP contribution in [0.1, 0.15) is 17.8 Å². The number of anilines is 1. The van der Waals surface area contributed by atoms with Crippen molar-refractivity contribution in [3.05, 3.63) is 72.2 Å². The number of ether oxygens (including phenoxy) is 4. The molecule has 37 heavy (non-hydrogen) atoms. The first-order valence-electron chi connectivity index (χ1n) is 12.7. The largest absolute Gasteiger partial charge is 0.497 e. The van der Waals surface area contributed by atoms with Crippen molar-refractivity contribution in [3.8, 4) is 28.5 Å². The van der Waals surface area contributed by atoms with E-state index in [4.69, 9.17) is 23.9 Å². The summed E-state index contributed by atoms with van der Waals surface area (Å²) in [4.78, 5) is 11.9. The van der Waals surface area contributed by atoms with E-state index in [1.54, 1.807) is 21.3 Å². The number of hydrogen-bond acceptors (Lipinski definition) is 7. The van der Waals surface area contributed by atoms with E-state index in [9.17, 15) is 0 Å². The molecule has 1 aromatic heterocycles. The average Bonchev–Trinajstić information content (AvgIpc) is 2.96. The molecule has 0 saturated carbocycles. The molecular weight excluding hydrogens is 466 g/mol. The van der Waals surface area contributed by atoms with Crippen LogP contribution < -0.4 is 19.1 Å². The van der Waals surface area contributed by atoms with Crippen LogP contribution in [0.25, 0.3) is 22.0 Å². The topological polar surface area (TPSA) is 65.9 Å². The maximum absolute atomic E-state index is 5.60. The number of hydrogen-bond donors (Lipinski definition) is 0. The molecule has 0 aliphatic carbocycles. The lowest BCUT2D eigenvalue weighted by Crippen LogP contribution is -2.36. The fourth-order valence-electron chi connectivity index (χ4n) is 4.83. The Morgan fingerprint density at radius 1 is 0.838 bits per heavy atom. The molecule has 3 aromatic carbocycles. The van der Waals surface area contributed by atoms with Gasteiger partial charge in [-0.15, -0.1) is 0 Å². The summed E-state index contributed by atoms with van der Waals surface area (Å²) in [5, 5.41) is 2.34. The highest BCUT2D eigenvalue weighted by Gasteiger charge is 2.17. The number of morpholine rings is 1. The zero-order valence-electron chi connectivity index (χ0n) is 21.7. The van der Waals surface area contributed by atoms with Gasteiger partial charge < -0.3 is 23.8 Å². The van der Waals surface area contributed by atoms with Gasteiger partial charge in [0, 0.05) is 42.3 Å². The van der Waals surface area contributed by atoms with Crippen LogP contribution in [-0.4, -0.2) is 57.6 Å². The Bertz CT molecular complexity index is 1370. The highest BCUT2D eigenvalue weighted by atomic mass is 16.5. The van der Waals surface area contributed by atoms with Crippen molar-refractivity contribution < 1.29 is 18.9 Å². The van der Waals surface area contributed by atoms with Crippen molar-refractivity contribution in [1.82, 2.24) is 9.97 Å². The Hall–Kier alpha value is -3.84. The molecule has 0 N–H and O–H groups in total. The molecule has 0 amide bonds. The average molecular weight is 500 g/mol. The van der Waals surface area contributed by atoms with Gasteiger partial charge in [0.15, 0.2) is 11.5 Å². The second-order valence-electron chi connectivity index (χ2n) is 9.08. The van der Waals surface area contributed by atoms with Crippen LogP contribution >= 0.6 is 0 Å². The number of aromatic nitrogens is 2. The van der Waals surface area contributed by atoms with Crippen molar-refractivity contribution in [3.63, 3.8) is 0 Å². The van der Waals surface area contributed by atoms with Crippen LogP contribution in [-0.2, 0) is 17.6 Å². The third-order valence-electron chi connectivity index (χ3n) is 6.81. The van der Waals surface area contributed by atoms with Crippen molar-refractivity contribution in [1.29, 1.82) is 0 Å². The molecule has 5 rings (SSSR count). The maximum Gasteiger partial charge on any atom is 0.160 e. The van der Waals surface area contributed by atoms with Gasteiger partial charge in [0.05, 0.1) is 40.2 Å². The molecule has 0 spiro atoms. The molecule has 2 heterocycles. The molecule has 1 aliphatic heterocycles. The number of nitrogens with zero attached hydrogens (tertiary/aromatic N) is 3. The van der Waals surface area contributed by atoms with Gasteiger partial charge in [0.1, 0.15) is 11.6 Å². The van der Waals surface area contributed by atoms with E-state index in [1.807, 2.05) is 30.5 Å². The summed E-state index contributed by atoms with van der Waals surface area (Å²) in [5.74, 6) is 3.20. The van der Waals surface area contributed by atoms with Crippen LogP contribution in [0, 0.1) is 0 Å². The third-order valence-corrected chi connectivity index (χ3v) is 6.81. The zero-order valence-corrected chi connectivity index (χ0v) is 21.7. The molecule has 7 heteroatoms. The van der Waals surface area contributed by atoms with Gasteiger partial charge >= 0.3 is 0 Å². The Labute approximate surface area is 218 Å². The number of rotatable bonds is 9. The predicted molar refractivity (Wildman–Crippen MR) is 146 cm³/mol. The summed E-state index contributed by atoms with van der Waals surface area (Å²) in [7, 11) is 5.02. The third kappa shape index (κ3) is 5.62. The highest BCUT2D eigenvalue weighted by Crippen LogP contribution is 2.35. The van der Waals surface area contributed by atoms with E-state index in [-0.39, 0.29) is 0 Å². The van der Waals surface area contributed by atoms with Crippen molar-refractivity contribution in [2.45, 2.75) is 19.3 Å². The van der Waals surface area contributed by atoms with Gasteiger partial charge in [-0.1, -0.05) is 12.1 Å². The number of fused-ring (bicyclic) bond motifs is 1. The van der Waals surface area contributed by atoms with E-state index in [1.165, 1.54) is 16.6 Å². The van der Waals surface area contributed by atoms with Crippen LogP contribution in [0.5, 0.6) is 17.2 Å². The summed E-state index contributed by atoms with van der Waals surface area (Å²) in [6.45, 7) is 3.18. The van der Waals surface area contributed by atoms with Crippen molar-refractivity contribution in [2.75, 3.05) is 52.5 Å². The predicted octanol–water partition coefficient (Wildman–Crippen LogP) is 5.33. The summed E-state index contributed by atoms with van der Waals surface area (Å²) in [6.07, 6.45) is 4.51. The molecule has 4 aromatic rings. The number of methoxy groups -OCH3 is 3. The van der Waals surface area contributed by atoms with Crippen molar-refractivity contribution >= 4 is 16.5 Å². The number of aryl methyl sites for hydroxylation is 2. The fourth-order valence-corrected chi connectivity index (χ4v) is 4.83. The quantitative estimate of drug-likeness (QED) is 0.308. The number of benzene rings is 3. The molecule has 1 fully saturated rings. The summed E-state index contributed by atoms with van der Waals surface area (Å²) in [6, 6.07) is 18.7. The van der Waals surface area contributed by atoms with Gasteiger partial charge in [-0.2, -0.15) is 0 Å². The van der Waals surface area contributed by atoms with Crippen LogP contribution in [0.2, 0.25) is 0 Å². The molecule has 0 bridgehead atoms. The summed E-state index contributed by atoms with van der Waals surface area (Å²) < 4.78 is 21.9. The second kappa shape index (κ2) is 11.5. The fraction of sp³-hybridized carbons (Fsp3) is 0.333. The minimum absolute atomic E-state index is 0.730. The van der Waals surface area contributed by atoms with E-state index in [0.29, 0.717) is 0 Å². The van der Waals surface area contributed by atoms with Crippen LogP contribution in [0.3, 0.4) is 0 Å². The lowest BCUT2D eigenvalue weighted by molar-refractivity contribution is 0.123. The SMILES string of the molecule is COc1ccc2cc(-c3ccnc(CCCc4ccc(OC)c(OC)c4)n3)cc(N3CCOCC3)c2c1. The minimum atomic E-state index is 0.730. The molecule has 0 atom stereocenters.